The number of hydrogen-bond acceptors (Lipinski definition) is 4. The molecular weight excluding hydrogens is 324 g/mol. The van der Waals surface area contributed by atoms with Crippen molar-refractivity contribution in [1.82, 2.24) is 19.6 Å². The average Bonchev–Trinajstić information content (AvgIpc) is 3.04. The van der Waals surface area contributed by atoms with Gasteiger partial charge in [-0.1, -0.05) is 0 Å². The van der Waals surface area contributed by atoms with E-state index < -0.39 is 5.97 Å². The molecule has 0 aliphatic carbocycles. The van der Waals surface area contributed by atoms with E-state index in [1.165, 1.54) is 11.1 Å². The summed E-state index contributed by atoms with van der Waals surface area (Å²) in [6, 6.07) is 0. The van der Waals surface area contributed by atoms with Crippen LogP contribution in [0.1, 0.15) is 44.0 Å². The van der Waals surface area contributed by atoms with E-state index in [0.29, 0.717) is 31.5 Å². The van der Waals surface area contributed by atoms with E-state index in [9.17, 15) is 14.4 Å². The van der Waals surface area contributed by atoms with Crippen LogP contribution in [0.2, 0.25) is 0 Å². The van der Waals surface area contributed by atoms with E-state index in [1.807, 2.05) is 20.8 Å². The summed E-state index contributed by atoms with van der Waals surface area (Å²) >= 11 is 0. The maximum absolute atomic E-state index is 12.5. The summed E-state index contributed by atoms with van der Waals surface area (Å²) in [6.45, 7) is 6.77. The number of carboxylic acid groups (broad SMARTS) is 1. The third kappa shape index (κ3) is 4.58. The lowest BCUT2D eigenvalue weighted by molar-refractivity contribution is -0.145. The molecule has 1 aliphatic heterocycles. The molecule has 1 fully saturated rings. The molecule has 0 atom stereocenters. The number of rotatable bonds is 4. The third-order valence-electron chi connectivity index (χ3n) is 4.43. The van der Waals surface area contributed by atoms with Gasteiger partial charge in [0.2, 0.25) is 5.91 Å². The molecule has 138 valence electrons. The predicted octanol–water partition coefficient (Wildman–Crippen LogP) is 1.03. The molecule has 0 radical (unpaired) electrons. The highest BCUT2D eigenvalue weighted by Crippen LogP contribution is 2.18. The van der Waals surface area contributed by atoms with Crippen molar-refractivity contribution in [3.63, 3.8) is 0 Å². The Morgan fingerprint density at radius 2 is 1.88 bits per heavy atom. The first kappa shape index (κ1) is 19.0. The highest BCUT2D eigenvalue weighted by molar-refractivity contribution is 5.96. The number of aromatic nitrogens is 2. The van der Waals surface area contributed by atoms with Gasteiger partial charge in [0.1, 0.15) is 0 Å². The summed E-state index contributed by atoms with van der Waals surface area (Å²) < 4.78 is 1.71. The SMILES string of the molecule is CN(CC(=O)N1CCC(C(=O)O)CC1)C(=O)c1cnn(C(C)(C)C)c1. The maximum atomic E-state index is 12.5. The van der Waals surface area contributed by atoms with Crippen molar-refractivity contribution in [1.29, 1.82) is 0 Å². The summed E-state index contributed by atoms with van der Waals surface area (Å²) in [6.07, 6.45) is 4.10. The van der Waals surface area contributed by atoms with Crippen LogP contribution < -0.4 is 0 Å². The fourth-order valence-electron chi connectivity index (χ4n) is 2.77. The molecule has 1 saturated heterocycles. The second-order valence-electron chi connectivity index (χ2n) is 7.50. The predicted molar refractivity (Wildman–Crippen MR) is 91.1 cm³/mol. The standard InChI is InChI=1S/C17H26N4O4/c1-17(2,3)21-10-13(9-18-21)15(23)19(4)11-14(22)20-7-5-12(6-8-20)16(24)25/h9-10,12H,5-8,11H2,1-4H3,(H,24,25). The first-order valence-electron chi connectivity index (χ1n) is 8.41. The zero-order chi connectivity index (χ0) is 18.8. The zero-order valence-electron chi connectivity index (χ0n) is 15.2. The number of aliphatic carboxylic acids is 1. The molecule has 8 nitrogen and oxygen atoms in total. The second kappa shape index (κ2) is 7.25. The third-order valence-corrected chi connectivity index (χ3v) is 4.43. The minimum atomic E-state index is -0.810. The van der Waals surface area contributed by atoms with E-state index in [1.54, 1.807) is 22.8 Å². The van der Waals surface area contributed by atoms with Crippen molar-refractivity contribution in [3.8, 4) is 0 Å². The fraction of sp³-hybridized carbons (Fsp3) is 0.647. The first-order chi connectivity index (χ1) is 11.6. The Kier molecular flexibility index (Phi) is 5.49. The molecule has 1 N–H and O–H groups in total. The van der Waals surface area contributed by atoms with Crippen LogP contribution in [0.3, 0.4) is 0 Å². The molecule has 1 aliphatic rings. The highest BCUT2D eigenvalue weighted by atomic mass is 16.4. The number of carboxylic acids is 1. The molecule has 1 aromatic rings. The summed E-state index contributed by atoms with van der Waals surface area (Å²) in [5.41, 5.74) is 0.219. The van der Waals surface area contributed by atoms with Gasteiger partial charge in [-0.3, -0.25) is 19.1 Å². The summed E-state index contributed by atoms with van der Waals surface area (Å²) in [4.78, 5) is 38.8. The fourth-order valence-corrected chi connectivity index (χ4v) is 2.77. The Balaban J connectivity index is 1.92. The molecule has 0 aromatic carbocycles. The van der Waals surface area contributed by atoms with Gasteiger partial charge in [-0.05, 0) is 33.6 Å². The molecule has 0 spiro atoms. The zero-order valence-corrected chi connectivity index (χ0v) is 15.2. The van der Waals surface area contributed by atoms with Crippen molar-refractivity contribution in [2.45, 2.75) is 39.2 Å². The number of amides is 2. The molecule has 25 heavy (non-hydrogen) atoms. The highest BCUT2D eigenvalue weighted by Gasteiger charge is 2.28. The van der Waals surface area contributed by atoms with Crippen LogP contribution in [-0.2, 0) is 15.1 Å². The maximum Gasteiger partial charge on any atom is 0.306 e. The number of carbonyl (C=O) groups is 3. The lowest BCUT2D eigenvalue weighted by Crippen LogP contribution is -2.45. The van der Waals surface area contributed by atoms with Gasteiger partial charge in [0, 0.05) is 26.3 Å². The average molecular weight is 350 g/mol. The van der Waals surface area contributed by atoms with Crippen molar-refractivity contribution < 1.29 is 19.5 Å². The Hall–Kier alpha value is -2.38. The molecule has 0 bridgehead atoms. The number of carbonyl (C=O) groups excluding carboxylic acids is 2. The molecule has 2 amide bonds. The lowest BCUT2D eigenvalue weighted by atomic mass is 9.97. The lowest BCUT2D eigenvalue weighted by Gasteiger charge is -2.31. The molecule has 0 unspecified atom stereocenters. The van der Waals surface area contributed by atoms with Gasteiger partial charge in [0.05, 0.1) is 29.8 Å². The van der Waals surface area contributed by atoms with E-state index in [4.69, 9.17) is 5.11 Å². The van der Waals surface area contributed by atoms with Crippen molar-refractivity contribution >= 4 is 17.8 Å². The van der Waals surface area contributed by atoms with Crippen LogP contribution >= 0.6 is 0 Å². The summed E-state index contributed by atoms with van der Waals surface area (Å²) in [5.74, 6) is -1.62. The van der Waals surface area contributed by atoms with Crippen LogP contribution in [-0.4, -0.2) is 69.2 Å². The van der Waals surface area contributed by atoms with E-state index in [2.05, 4.69) is 5.10 Å². The molecule has 1 aromatic heterocycles. The van der Waals surface area contributed by atoms with Crippen LogP contribution in [0, 0.1) is 5.92 Å². The van der Waals surface area contributed by atoms with Gasteiger partial charge < -0.3 is 14.9 Å². The molecule has 0 saturated carbocycles. The van der Waals surface area contributed by atoms with E-state index >= 15 is 0 Å². The smallest absolute Gasteiger partial charge is 0.306 e. The number of likely N-dealkylation sites (tertiary alicyclic amines) is 1. The number of likely N-dealkylation sites (N-methyl/N-ethyl adjacent to an activating group) is 1. The van der Waals surface area contributed by atoms with Crippen LogP contribution in [0.5, 0.6) is 0 Å². The van der Waals surface area contributed by atoms with Crippen LogP contribution in [0.4, 0.5) is 0 Å². The minimum Gasteiger partial charge on any atom is -0.481 e. The quantitative estimate of drug-likeness (QED) is 0.875. The van der Waals surface area contributed by atoms with Gasteiger partial charge in [-0.2, -0.15) is 5.10 Å². The van der Waals surface area contributed by atoms with Crippen LogP contribution in [0.15, 0.2) is 12.4 Å². The van der Waals surface area contributed by atoms with Crippen LogP contribution in [0.25, 0.3) is 0 Å². The van der Waals surface area contributed by atoms with Crippen molar-refractivity contribution in [2.75, 3.05) is 26.7 Å². The van der Waals surface area contributed by atoms with Gasteiger partial charge in [-0.25, -0.2) is 0 Å². The largest absolute Gasteiger partial charge is 0.481 e. The molecule has 2 heterocycles. The van der Waals surface area contributed by atoms with E-state index in [-0.39, 0.29) is 29.8 Å². The van der Waals surface area contributed by atoms with Gasteiger partial charge in [-0.15, -0.1) is 0 Å². The van der Waals surface area contributed by atoms with E-state index in [0.717, 1.165) is 0 Å². The second-order valence-corrected chi connectivity index (χ2v) is 7.50. The van der Waals surface area contributed by atoms with Gasteiger partial charge in [0.25, 0.3) is 5.91 Å². The Morgan fingerprint density at radius 3 is 2.36 bits per heavy atom. The summed E-state index contributed by atoms with van der Waals surface area (Å²) in [5, 5.41) is 13.2. The van der Waals surface area contributed by atoms with Gasteiger partial charge in [0.15, 0.2) is 0 Å². The minimum absolute atomic E-state index is 0.0305. The number of hydrogen-bond donors (Lipinski definition) is 1. The van der Waals surface area contributed by atoms with Gasteiger partial charge >= 0.3 is 5.97 Å². The Labute approximate surface area is 147 Å². The first-order valence-corrected chi connectivity index (χ1v) is 8.41. The topological polar surface area (TPSA) is 95.7 Å². The molecular formula is C17H26N4O4. The number of nitrogens with zero attached hydrogens (tertiary/aromatic N) is 4. The monoisotopic (exact) mass is 350 g/mol. The van der Waals surface area contributed by atoms with Crippen molar-refractivity contribution in [2.24, 2.45) is 5.92 Å². The van der Waals surface area contributed by atoms with Crippen molar-refractivity contribution in [3.05, 3.63) is 18.0 Å². The summed E-state index contributed by atoms with van der Waals surface area (Å²) in [7, 11) is 1.58. The normalized spacial score (nSPS) is 15.9. The Bertz CT molecular complexity index is 654. The molecule has 8 heteroatoms. The Morgan fingerprint density at radius 1 is 1.28 bits per heavy atom. The molecule has 2 rings (SSSR count). The number of piperidine rings is 1.